The Bertz CT molecular complexity index is 878. The quantitative estimate of drug-likeness (QED) is 0.637. The first-order chi connectivity index (χ1) is 12.8. The van der Waals surface area contributed by atoms with E-state index in [-0.39, 0.29) is 6.10 Å². The molecule has 0 radical (unpaired) electrons. The predicted octanol–water partition coefficient (Wildman–Crippen LogP) is 1.53. The zero-order chi connectivity index (χ0) is 17.8. The second-order valence-corrected chi connectivity index (χ2v) is 6.04. The van der Waals surface area contributed by atoms with Gasteiger partial charge >= 0.3 is 0 Å². The molecule has 0 saturated carbocycles. The third kappa shape index (κ3) is 3.56. The van der Waals surface area contributed by atoms with Gasteiger partial charge in [0.15, 0.2) is 5.82 Å². The molecule has 3 aromatic rings. The zero-order valence-electron chi connectivity index (χ0n) is 14.6. The van der Waals surface area contributed by atoms with Crippen LogP contribution in [-0.2, 0) is 4.74 Å². The van der Waals surface area contributed by atoms with E-state index in [1.165, 1.54) is 0 Å². The largest absolute Gasteiger partial charge is 0.374 e. The topological polar surface area (TPSA) is 96.9 Å². The molecule has 8 heteroatoms. The summed E-state index contributed by atoms with van der Waals surface area (Å²) in [7, 11) is 1.84. The number of ether oxygens (including phenoxy) is 1. The molecule has 3 N–H and O–H groups in total. The van der Waals surface area contributed by atoms with Gasteiger partial charge in [-0.1, -0.05) is 0 Å². The van der Waals surface area contributed by atoms with E-state index in [0.29, 0.717) is 12.4 Å². The number of hydrogen-bond acceptors (Lipinski definition) is 8. The minimum atomic E-state index is 0.109. The van der Waals surface area contributed by atoms with Gasteiger partial charge in [0.1, 0.15) is 11.3 Å². The number of nitrogens with one attached hydrogen (secondary N) is 3. The van der Waals surface area contributed by atoms with Crippen LogP contribution in [0.5, 0.6) is 0 Å². The summed E-state index contributed by atoms with van der Waals surface area (Å²) in [6, 6.07) is 5.84. The summed E-state index contributed by atoms with van der Waals surface area (Å²) in [6.07, 6.45) is 5.27. The standard InChI is InChI=1S/C18H21N7O/c1-19-16-3-2-12(9-23-16)14-8-15-17(22-5-4-21-15)18(25-14)24-11-13-10-20-6-7-26-13/h2-5,8-9,13,20H,6-7,10-11H2,1H3,(H,19,23)(H,24,25)/t13-/m1/s1. The molecule has 4 heterocycles. The van der Waals surface area contributed by atoms with Gasteiger partial charge in [0, 0.05) is 50.8 Å². The lowest BCUT2D eigenvalue weighted by atomic mass is 10.1. The molecule has 1 aliphatic rings. The van der Waals surface area contributed by atoms with Crippen molar-refractivity contribution in [3.8, 4) is 11.3 Å². The summed E-state index contributed by atoms with van der Waals surface area (Å²) in [5.41, 5.74) is 3.27. The summed E-state index contributed by atoms with van der Waals surface area (Å²) in [5.74, 6) is 1.52. The highest BCUT2D eigenvalue weighted by molar-refractivity contribution is 5.88. The van der Waals surface area contributed by atoms with Crippen LogP contribution in [0.4, 0.5) is 11.6 Å². The van der Waals surface area contributed by atoms with Crippen molar-refractivity contribution >= 4 is 22.7 Å². The van der Waals surface area contributed by atoms with E-state index in [1.807, 2.05) is 25.2 Å². The van der Waals surface area contributed by atoms with Crippen molar-refractivity contribution in [3.63, 3.8) is 0 Å². The molecule has 1 saturated heterocycles. The Labute approximate surface area is 151 Å². The molecule has 0 unspecified atom stereocenters. The Balaban J connectivity index is 1.65. The van der Waals surface area contributed by atoms with Gasteiger partial charge in [-0.25, -0.2) is 15.0 Å². The lowest BCUT2D eigenvalue weighted by Gasteiger charge is -2.24. The molecular formula is C18H21N7O. The van der Waals surface area contributed by atoms with Crippen molar-refractivity contribution in [2.75, 3.05) is 43.9 Å². The predicted molar refractivity (Wildman–Crippen MR) is 101 cm³/mol. The van der Waals surface area contributed by atoms with Crippen LogP contribution < -0.4 is 16.0 Å². The van der Waals surface area contributed by atoms with Crippen LogP contribution >= 0.6 is 0 Å². The van der Waals surface area contributed by atoms with E-state index in [4.69, 9.17) is 9.72 Å². The Hall–Kier alpha value is -2.84. The van der Waals surface area contributed by atoms with Gasteiger partial charge in [0.25, 0.3) is 0 Å². The highest BCUT2D eigenvalue weighted by Crippen LogP contribution is 2.25. The summed E-state index contributed by atoms with van der Waals surface area (Å²) >= 11 is 0. The van der Waals surface area contributed by atoms with Crippen LogP contribution in [-0.4, -0.2) is 59.3 Å². The van der Waals surface area contributed by atoms with Gasteiger partial charge < -0.3 is 20.7 Å². The molecule has 26 heavy (non-hydrogen) atoms. The summed E-state index contributed by atoms with van der Waals surface area (Å²) in [4.78, 5) is 18.0. The van der Waals surface area contributed by atoms with Crippen molar-refractivity contribution in [2.45, 2.75) is 6.10 Å². The van der Waals surface area contributed by atoms with Crippen LogP contribution in [0.1, 0.15) is 0 Å². The maximum atomic E-state index is 5.75. The average Bonchev–Trinajstić information content (AvgIpc) is 2.72. The average molecular weight is 351 g/mol. The Morgan fingerprint density at radius 2 is 2.15 bits per heavy atom. The third-order valence-electron chi connectivity index (χ3n) is 4.27. The van der Waals surface area contributed by atoms with E-state index >= 15 is 0 Å². The van der Waals surface area contributed by atoms with Crippen LogP contribution in [0.3, 0.4) is 0 Å². The molecule has 4 rings (SSSR count). The normalized spacial score (nSPS) is 17.2. The molecule has 0 aromatic carbocycles. The highest BCUT2D eigenvalue weighted by Gasteiger charge is 2.15. The lowest BCUT2D eigenvalue weighted by molar-refractivity contribution is 0.0372. The van der Waals surface area contributed by atoms with Crippen LogP contribution in [0.25, 0.3) is 22.3 Å². The number of morpholine rings is 1. The zero-order valence-corrected chi connectivity index (χ0v) is 14.6. The molecule has 0 aliphatic carbocycles. The van der Waals surface area contributed by atoms with E-state index in [9.17, 15) is 0 Å². The van der Waals surface area contributed by atoms with Gasteiger partial charge in [-0.15, -0.1) is 0 Å². The van der Waals surface area contributed by atoms with Gasteiger partial charge in [0.05, 0.1) is 23.9 Å². The van der Waals surface area contributed by atoms with Crippen molar-refractivity contribution in [1.29, 1.82) is 0 Å². The third-order valence-corrected chi connectivity index (χ3v) is 4.27. The van der Waals surface area contributed by atoms with E-state index in [1.54, 1.807) is 18.6 Å². The van der Waals surface area contributed by atoms with Crippen LogP contribution in [0.2, 0.25) is 0 Å². The van der Waals surface area contributed by atoms with Gasteiger partial charge in [-0.05, 0) is 18.2 Å². The number of anilines is 2. The minimum Gasteiger partial charge on any atom is -0.374 e. The Morgan fingerprint density at radius 1 is 1.23 bits per heavy atom. The van der Waals surface area contributed by atoms with Crippen LogP contribution in [0, 0.1) is 0 Å². The van der Waals surface area contributed by atoms with E-state index in [0.717, 1.165) is 47.8 Å². The maximum Gasteiger partial charge on any atom is 0.154 e. The first-order valence-electron chi connectivity index (χ1n) is 8.65. The molecule has 0 amide bonds. The lowest BCUT2D eigenvalue weighted by Crippen LogP contribution is -2.42. The Morgan fingerprint density at radius 3 is 2.92 bits per heavy atom. The maximum absolute atomic E-state index is 5.75. The number of nitrogens with zero attached hydrogens (tertiary/aromatic N) is 4. The number of hydrogen-bond donors (Lipinski definition) is 3. The smallest absolute Gasteiger partial charge is 0.154 e. The van der Waals surface area contributed by atoms with E-state index < -0.39 is 0 Å². The van der Waals surface area contributed by atoms with Crippen molar-refractivity contribution in [1.82, 2.24) is 25.3 Å². The minimum absolute atomic E-state index is 0.109. The van der Waals surface area contributed by atoms with Crippen molar-refractivity contribution in [2.24, 2.45) is 0 Å². The molecule has 134 valence electrons. The molecule has 0 spiro atoms. The summed E-state index contributed by atoms with van der Waals surface area (Å²) < 4.78 is 5.75. The second-order valence-electron chi connectivity index (χ2n) is 6.04. The molecule has 1 fully saturated rings. The molecule has 1 aliphatic heterocycles. The van der Waals surface area contributed by atoms with Crippen molar-refractivity contribution in [3.05, 3.63) is 36.8 Å². The fourth-order valence-corrected chi connectivity index (χ4v) is 2.90. The number of fused-ring (bicyclic) bond motifs is 1. The van der Waals surface area contributed by atoms with Gasteiger partial charge in [-0.3, -0.25) is 4.98 Å². The molecule has 8 nitrogen and oxygen atoms in total. The second kappa shape index (κ2) is 7.59. The Kier molecular flexibility index (Phi) is 4.85. The van der Waals surface area contributed by atoms with Crippen molar-refractivity contribution < 1.29 is 4.74 Å². The molecule has 1 atom stereocenters. The number of pyridine rings is 2. The van der Waals surface area contributed by atoms with E-state index in [2.05, 4.69) is 30.9 Å². The summed E-state index contributed by atoms with van der Waals surface area (Å²) in [5, 5.41) is 9.72. The molecule has 0 bridgehead atoms. The first kappa shape index (κ1) is 16.6. The van der Waals surface area contributed by atoms with Gasteiger partial charge in [0.2, 0.25) is 0 Å². The summed E-state index contributed by atoms with van der Waals surface area (Å²) in [6.45, 7) is 3.11. The van der Waals surface area contributed by atoms with Crippen LogP contribution in [0.15, 0.2) is 36.8 Å². The number of rotatable bonds is 5. The first-order valence-corrected chi connectivity index (χ1v) is 8.65. The monoisotopic (exact) mass is 351 g/mol. The van der Waals surface area contributed by atoms with Gasteiger partial charge in [-0.2, -0.15) is 0 Å². The fraction of sp³-hybridized carbons (Fsp3) is 0.333. The fourth-order valence-electron chi connectivity index (χ4n) is 2.90. The molecule has 3 aromatic heterocycles. The highest BCUT2D eigenvalue weighted by atomic mass is 16.5. The SMILES string of the molecule is CNc1ccc(-c2cc3nccnc3c(NC[C@H]3CNCCO3)n2)cn1. The molecular weight excluding hydrogens is 330 g/mol. The number of aromatic nitrogens is 4.